The number of carbonyl (C=O) groups is 3. The zero-order valence-electron chi connectivity index (χ0n) is 13.1. The number of anilines is 2. The zero-order chi connectivity index (χ0) is 16.5. The summed E-state index contributed by atoms with van der Waals surface area (Å²) in [5, 5.41) is 17.0. The normalized spacial score (nSPS) is 11.0. The van der Waals surface area contributed by atoms with Crippen LogP contribution in [0, 0.1) is 0 Å². The van der Waals surface area contributed by atoms with Crippen LogP contribution < -0.4 is 16.0 Å². The van der Waals surface area contributed by atoms with Gasteiger partial charge in [-0.2, -0.15) is 0 Å². The molecule has 1 aromatic carbocycles. The Morgan fingerprint density at radius 2 is 1.61 bits per heavy atom. The second-order valence-electron chi connectivity index (χ2n) is 4.87. The number of carboxylic acids is 1. The predicted octanol–water partition coefficient (Wildman–Crippen LogP) is 1.85. The average molecular weight is 344 g/mol. The first kappa shape index (κ1) is 20.9. The van der Waals surface area contributed by atoms with Gasteiger partial charge in [0.05, 0.1) is 6.54 Å². The molecule has 0 spiro atoms. The van der Waals surface area contributed by atoms with E-state index in [0.29, 0.717) is 17.8 Å². The van der Waals surface area contributed by atoms with Crippen LogP contribution in [0.15, 0.2) is 24.3 Å². The minimum Gasteiger partial charge on any atom is -0.480 e. The molecule has 1 rings (SSSR count). The van der Waals surface area contributed by atoms with Crippen LogP contribution in [-0.4, -0.2) is 35.5 Å². The van der Waals surface area contributed by atoms with Crippen molar-refractivity contribution in [3.05, 3.63) is 24.3 Å². The first-order valence-electron chi connectivity index (χ1n) is 7.06. The minimum atomic E-state index is -0.964. The van der Waals surface area contributed by atoms with Gasteiger partial charge < -0.3 is 15.7 Å². The number of amides is 2. The lowest BCUT2D eigenvalue weighted by molar-refractivity contribution is -0.139. The molecule has 1 atom stereocenters. The van der Waals surface area contributed by atoms with Crippen molar-refractivity contribution in [3.63, 3.8) is 0 Å². The smallest absolute Gasteiger partial charge is 0.320 e. The Morgan fingerprint density at radius 1 is 1.09 bits per heavy atom. The summed E-state index contributed by atoms with van der Waals surface area (Å²) < 4.78 is 0. The lowest BCUT2D eigenvalue weighted by Gasteiger charge is -2.13. The van der Waals surface area contributed by atoms with E-state index in [9.17, 15) is 14.4 Å². The molecular weight excluding hydrogens is 322 g/mol. The fraction of sp³-hybridized carbons (Fsp3) is 0.400. The summed E-state index contributed by atoms with van der Waals surface area (Å²) in [4.78, 5) is 33.6. The summed E-state index contributed by atoms with van der Waals surface area (Å²) in [5.74, 6) is -1.46. The number of aliphatic carboxylic acids is 1. The summed E-state index contributed by atoms with van der Waals surface area (Å²) in [6.45, 7) is 3.22. The van der Waals surface area contributed by atoms with Gasteiger partial charge in [-0.3, -0.25) is 19.7 Å². The predicted molar refractivity (Wildman–Crippen MR) is 91.0 cm³/mol. The first-order valence-corrected chi connectivity index (χ1v) is 7.06. The molecule has 8 heteroatoms. The summed E-state index contributed by atoms with van der Waals surface area (Å²) in [5.41, 5.74) is 1.21. The van der Waals surface area contributed by atoms with Crippen LogP contribution in [0.25, 0.3) is 0 Å². The highest BCUT2D eigenvalue weighted by Gasteiger charge is 2.16. The van der Waals surface area contributed by atoms with Crippen molar-refractivity contribution in [1.29, 1.82) is 0 Å². The van der Waals surface area contributed by atoms with Crippen molar-refractivity contribution < 1.29 is 19.5 Å². The Hall–Kier alpha value is -2.12. The number of carbonyl (C=O) groups excluding carboxylic acids is 2. The van der Waals surface area contributed by atoms with Gasteiger partial charge in [0.25, 0.3) is 0 Å². The van der Waals surface area contributed by atoms with Crippen LogP contribution in [0.2, 0.25) is 0 Å². The van der Waals surface area contributed by atoms with Crippen molar-refractivity contribution in [2.75, 3.05) is 17.2 Å². The molecule has 1 unspecified atom stereocenters. The van der Waals surface area contributed by atoms with Gasteiger partial charge in [0.1, 0.15) is 6.04 Å². The quantitative estimate of drug-likeness (QED) is 0.576. The molecule has 0 radical (unpaired) electrons. The molecule has 23 heavy (non-hydrogen) atoms. The zero-order valence-corrected chi connectivity index (χ0v) is 13.9. The maximum absolute atomic E-state index is 11.8. The third-order valence-electron chi connectivity index (χ3n) is 2.87. The Kier molecular flexibility index (Phi) is 9.60. The molecular formula is C15H22ClN3O4. The number of benzene rings is 1. The molecule has 0 saturated heterocycles. The molecule has 0 bridgehead atoms. The van der Waals surface area contributed by atoms with E-state index in [2.05, 4.69) is 16.0 Å². The van der Waals surface area contributed by atoms with Gasteiger partial charge in [-0.15, -0.1) is 12.4 Å². The third-order valence-corrected chi connectivity index (χ3v) is 2.87. The molecule has 0 aliphatic rings. The van der Waals surface area contributed by atoms with Crippen molar-refractivity contribution in [2.45, 2.75) is 32.7 Å². The molecule has 0 saturated carbocycles. The van der Waals surface area contributed by atoms with E-state index in [1.807, 2.05) is 6.92 Å². The van der Waals surface area contributed by atoms with Crippen molar-refractivity contribution in [2.24, 2.45) is 0 Å². The van der Waals surface area contributed by atoms with E-state index < -0.39 is 12.0 Å². The van der Waals surface area contributed by atoms with E-state index in [1.54, 1.807) is 24.3 Å². The molecule has 0 heterocycles. The second-order valence-corrected chi connectivity index (χ2v) is 4.87. The Labute approximate surface area is 141 Å². The standard InChI is InChI=1S/C15H21N3O4.ClH/c1-3-4-13(15(21)22)16-9-14(20)18-12-7-5-11(6-8-12)17-10(2)19;/h5-8,13,16H,3-4,9H2,1-2H3,(H,17,19)(H,18,20)(H,21,22);1H. The van der Waals surface area contributed by atoms with E-state index in [4.69, 9.17) is 5.11 Å². The fourth-order valence-electron chi connectivity index (χ4n) is 1.86. The average Bonchev–Trinajstić information content (AvgIpc) is 2.44. The summed E-state index contributed by atoms with van der Waals surface area (Å²) in [7, 11) is 0. The molecule has 0 fully saturated rings. The van der Waals surface area contributed by atoms with Crippen LogP contribution in [0.4, 0.5) is 11.4 Å². The number of hydrogen-bond acceptors (Lipinski definition) is 4. The van der Waals surface area contributed by atoms with Crippen molar-refractivity contribution in [1.82, 2.24) is 5.32 Å². The highest BCUT2D eigenvalue weighted by Crippen LogP contribution is 2.13. The van der Waals surface area contributed by atoms with Gasteiger partial charge in [-0.05, 0) is 30.7 Å². The van der Waals surface area contributed by atoms with Crippen molar-refractivity contribution >= 4 is 41.6 Å². The molecule has 0 aliphatic heterocycles. The largest absolute Gasteiger partial charge is 0.480 e. The molecule has 128 valence electrons. The Bertz CT molecular complexity index is 534. The topological polar surface area (TPSA) is 108 Å². The van der Waals surface area contributed by atoms with E-state index >= 15 is 0 Å². The summed E-state index contributed by atoms with van der Waals surface area (Å²) in [6, 6.07) is 5.93. The van der Waals surface area contributed by atoms with E-state index in [0.717, 1.165) is 6.42 Å². The minimum absolute atomic E-state index is 0. The molecule has 7 nitrogen and oxygen atoms in total. The van der Waals surface area contributed by atoms with E-state index in [1.165, 1.54) is 6.92 Å². The Balaban J connectivity index is 0.00000484. The second kappa shape index (κ2) is 10.6. The lowest BCUT2D eigenvalue weighted by Crippen LogP contribution is -2.41. The number of rotatable bonds is 8. The number of hydrogen-bond donors (Lipinski definition) is 4. The van der Waals surface area contributed by atoms with Gasteiger partial charge >= 0.3 is 5.97 Å². The summed E-state index contributed by atoms with van der Waals surface area (Å²) in [6.07, 6.45) is 1.18. The van der Waals surface area contributed by atoms with Gasteiger partial charge in [0.15, 0.2) is 0 Å². The van der Waals surface area contributed by atoms with Crippen LogP contribution in [0.3, 0.4) is 0 Å². The highest BCUT2D eigenvalue weighted by molar-refractivity contribution is 5.93. The number of nitrogens with one attached hydrogen (secondary N) is 3. The monoisotopic (exact) mass is 343 g/mol. The van der Waals surface area contributed by atoms with E-state index in [-0.39, 0.29) is 30.8 Å². The SMILES string of the molecule is CCCC(NCC(=O)Nc1ccc(NC(C)=O)cc1)C(=O)O.Cl. The first-order chi connectivity index (χ1) is 10.4. The lowest BCUT2D eigenvalue weighted by atomic mass is 10.2. The molecule has 2 amide bonds. The Morgan fingerprint density at radius 3 is 2.04 bits per heavy atom. The van der Waals surface area contributed by atoms with Gasteiger partial charge in [-0.25, -0.2) is 0 Å². The van der Waals surface area contributed by atoms with Crippen LogP contribution in [0.5, 0.6) is 0 Å². The number of carboxylic acid groups (broad SMARTS) is 1. The van der Waals surface area contributed by atoms with Crippen LogP contribution in [-0.2, 0) is 14.4 Å². The fourth-order valence-corrected chi connectivity index (χ4v) is 1.86. The highest BCUT2D eigenvalue weighted by atomic mass is 35.5. The number of halogens is 1. The summed E-state index contributed by atoms with van der Waals surface area (Å²) >= 11 is 0. The third kappa shape index (κ3) is 8.18. The van der Waals surface area contributed by atoms with Gasteiger partial charge in [-0.1, -0.05) is 13.3 Å². The van der Waals surface area contributed by atoms with Gasteiger partial charge in [0.2, 0.25) is 11.8 Å². The maximum Gasteiger partial charge on any atom is 0.320 e. The molecule has 4 N–H and O–H groups in total. The van der Waals surface area contributed by atoms with Crippen LogP contribution in [0.1, 0.15) is 26.7 Å². The molecule has 0 aromatic heterocycles. The maximum atomic E-state index is 11.8. The van der Waals surface area contributed by atoms with Crippen LogP contribution >= 0.6 is 12.4 Å². The van der Waals surface area contributed by atoms with Crippen molar-refractivity contribution in [3.8, 4) is 0 Å². The molecule has 0 aliphatic carbocycles. The molecule has 1 aromatic rings. The van der Waals surface area contributed by atoms with Gasteiger partial charge in [0, 0.05) is 18.3 Å².